The molecule has 1 N–H and O–H groups in total. The Morgan fingerprint density at radius 2 is 1.95 bits per heavy atom. The number of nitrogens with one attached hydrogen (secondary N) is 1. The maximum Gasteiger partial charge on any atom is 0.233 e. The van der Waals surface area contributed by atoms with Crippen LogP contribution in [0.15, 0.2) is 0 Å². The normalized spacial score (nSPS) is 28.0. The number of nitrogens with zero attached hydrogens (tertiary/aromatic N) is 1. The summed E-state index contributed by atoms with van der Waals surface area (Å²) in [6, 6.07) is 0.0386. The van der Waals surface area contributed by atoms with Crippen LogP contribution >= 0.6 is 0 Å². The van der Waals surface area contributed by atoms with Crippen LogP contribution < -0.4 is 5.32 Å². The van der Waals surface area contributed by atoms with Gasteiger partial charge in [0.05, 0.1) is 18.4 Å². The average Bonchev–Trinajstić information content (AvgIpc) is 2.96. The number of amides is 2. The quantitative estimate of drug-likeness (QED) is 0.693. The Morgan fingerprint density at radius 3 is 2.47 bits per heavy atom. The molecule has 2 amide bonds. The van der Waals surface area contributed by atoms with Crippen molar-refractivity contribution in [3.8, 4) is 0 Å². The third-order valence-electron chi connectivity index (χ3n) is 4.14. The molecular formula is C14H24N2O3. The Balaban J connectivity index is 1.96. The maximum atomic E-state index is 12.2. The molecule has 1 aliphatic heterocycles. The van der Waals surface area contributed by atoms with E-state index in [0.717, 1.165) is 32.2 Å². The van der Waals surface area contributed by atoms with E-state index < -0.39 is 0 Å². The number of carbonyl (C=O) groups excluding carboxylic acids is 2. The number of methoxy groups -OCH3 is 1. The van der Waals surface area contributed by atoms with Crippen LogP contribution in [0.5, 0.6) is 0 Å². The standard InChI is InChI=1S/C14H24N2O3/c1-3-7-15-10(9-19-2)8-16-13(17)11-5-4-6-12(11)14(16)18/h10-12,15H,3-9H2,1-2H3. The van der Waals surface area contributed by atoms with E-state index in [2.05, 4.69) is 12.2 Å². The molecule has 0 bridgehead atoms. The number of imide groups is 1. The molecule has 0 aromatic carbocycles. The summed E-state index contributed by atoms with van der Waals surface area (Å²) in [6.07, 6.45) is 3.79. The van der Waals surface area contributed by atoms with Gasteiger partial charge in [-0.25, -0.2) is 0 Å². The molecule has 0 aromatic heterocycles. The van der Waals surface area contributed by atoms with Gasteiger partial charge in [0.2, 0.25) is 11.8 Å². The van der Waals surface area contributed by atoms with Crippen molar-refractivity contribution in [2.75, 3.05) is 26.8 Å². The predicted octanol–water partition coefficient (Wildman–Crippen LogP) is 0.786. The van der Waals surface area contributed by atoms with Gasteiger partial charge >= 0.3 is 0 Å². The van der Waals surface area contributed by atoms with Crippen LogP contribution in [0.2, 0.25) is 0 Å². The number of hydrogen-bond donors (Lipinski definition) is 1. The predicted molar refractivity (Wildman–Crippen MR) is 71.5 cm³/mol. The van der Waals surface area contributed by atoms with Gasteiger partial charge in [-0.1, -0.05) is 13.3 Å². The summed E-state index contributed by atoms with van der Waals surface area (Å²) in [5.74, 6) is -0.0115. The van der Waals surface area contributed by atoms with Crippen LogP contribution in [-0.4, -0.2) is 49.6 Å². The summed E-state index contributed by atoms with van der Waals surface area (Å²) < 4.78 is 5.16. The minimum Gasteiger partial charge on any atom is -0.383 e. The molecule has 2 fully saturated rings. The third kappa shape index (κ3) is 2.98. The van der Waals surface area contributed by atoms with E-state index in [-0.39, 0.29) is 29.7 Å². The minimum atomic E-state index is -0.0399. The highest BCUT2D eigenvalue weighted by atomic mass is 16.5. The summed E-state index contributed by atoms with van der Waals surface area (Å²) in [5, 5.41) is 3.33. The molecule has 19 heavy (non-hydrogen) atoms. The van der Waals surface area contributed by atoms with Gasteiger partial charge in [-0.2, -0.15) is 0 Å². The van der Waals surface area contributed by atoms with Gasteiger partial charge in [-0.3, -0.25) is 14.5 Å². The van der Waals surface area contributed by atoms with Gasteiger partial charge in [-0.05, 0) is 25.8 Å². The first-order chi connectivity index (χ1) is 9.19. The van der Waals surface area contributed by atoms with Crippen LogP contribution in [0.1, 0.15) is 32.6 Å². The van der Waals surface area contributed by atoms with Gasteiger partial charge in [0, 0.05) is 19.7 Å². The van der Waals surface area contributed by atoms with Crippen molar-refractivity contribution in [2.45, 2.75) is 38.6 Å². The van der Waals surface area contributed by atoms with Crippen molar-refractivity contribution in [2.24, 2.45) is 11.8 Å². The molecule has 2 rings (SSSR count). The monoisotopic (exact) mass is 268 g/mol. The fourth-order valence-electron chi connectivity index (χ4n) is 3.19. The molecular weight excluding hydrogens is 244 g/mol. The lowest BCUT2D eigenvalue weighted by Gasteiger charge is -2.24. The molecule has 0 spiro atoms. The molecule has 0 aromatic rings. The highest BCUT2D eigenvalue weighted by Gasteiger charge is 2.49. The highest BCUT2D eigenvalue weighted by molar-refractivity contribution is 6.05. The number of fused-ring (bicyclic) bond motifs is 1. The van der Waals surface area contributed by atoms with Crippen LogP contribution in [0.4, 0.5) is 0 Å². The van der Waals surface area contributed by atoms with E-state index in [1.54, 1.807) is 7.11 Å². The lowest BCUT2D eigenvalue weighted by Crippen LogP contribution is -2.46. The second-order valence-corrected chi connectivity index (χ2v) is 5.54. The molecule has 5 heteroatoms. The first-order valence-corrected chi connectivity index (χ1v) is 7.26. The van der Waals surface area contributed by atoms with Crippen molar-refractivity contribution in [3.63, 3.8) is 0 Å². The van der Waals surface area contributed by atoms with Crippen LogP contribution in [0.25, 0.3) is 0 Å². The van der Waals surface area contributed by atoms with E-state index in [1.807, 2.05) is 0 Å². The maximum absolute atomic E-state index is 12.2. The molecule has 3 atom stereocenters. The van der Waals surface area contributed by atoms with E-state index >= 15 is 0 Å². The SMILES string of the molecule is CCCNC(COC)CN1C(=O)C2CCCC2C1=O. The summed E-state index contributed by atoms with van der Waals surface area (Å²) in [5.41, 5.74) is 0. The van der Waals surface area contributed by atoms with E-state index in [1.165, 1.54) is 4.90 Å². The Morgan fingerprint density at radius 1 is 1.32 bits per heavy atom. The fourth-order valence-corrected chi connectivity index (χ4v) is 3.19. The molecule has 5 nitrogen and oxygen atoms in total. The summed E-state index contributed by atoms with van der Waals surface area (Å²) >= 11 is 0. The first kappa shape index (κ1) is 14.5. The van der Waals surface area contributed by atoms with Crippen LogP contribution in [-0.2, 0) is 14.3 Å². The number of likely N-dealkylation sites (tertiary alicyclic amines) is 1. The Bertz CT molecular complexity index is 324. The van der Waals surface area contributed by atoms with Gasteiger partial charge in [0.25, 0.3) is 0 Å². The van der Waals surface area contributed by atoms with Gasteiger partial charge in [-0.15, -0.1) is 0 Å². The zero-order chi connectivity index (χ0) is 13.8. The van der Waals surface area contributed by atoms with Gasteiger partial charge < -0.3 is 10.1 Å². The molecule has 108 valence electrons. The molecule has 1 heterocycles. The van der Waals surface area contributed by atoms with Crippen LogP contribution in [0.3, 0.4) is 0 Å². The van der Waals surface area contributed by atoms with Crippen molar-refractivity contribution in [3.05, 3.63) is 0 Å². The van der Waals surface area contributed by atoms with E-state index in [0.29, 0.717) is 13.2 Å². The van der Waals surface area contributed by atoms with Crippen molar-refractivity contribution in [1.82, 2.24) is 10.2 Å². The second kappa shape index (κ2) is 6.48. The lowest BCUT2D eigenvalue weighted by molar-refractivity contribution is -0.140. The molecule has 1 aliphatic carbocycles. The fraction of sp³-hybridized carbons (Fsp3) is 0.857. The van der Waals surface area contributed by atoms with Gasteiger partial charge in [0.1, 0.15) is 0 Å². The Hall–Kier alpha value is -0.940. The van der Waals surface area contributed by atoms with Crippen molar-refractivity contribution in [1.29, 1.82) is 0 Å². The first-order valence-electron chi connectivity index (χ1n) is 7.26. The molecule has 1 saturated heterocycles. The van der Waals surface area contributed by atoms with Crippen molar-refractivity contribution >= 4 is 11.8 Å². The Labute approximate surface area is 114 Å². The zero-order valence-corrected chi connectivity index (χ0v) is 11.9. The van der Waals surface area contributed by atoms with Crippen LogP contribution in [0, 0.1) is 11.8 Å². The Kier molecular flexibility index (Phi) is 4.93. The largest absolute Gasteiger partial charge is 0.383 e. The number of ether oxygens (including phenoxy) is 1. The summed E-state index contributed by atoms with van der Waals surface area (Å²) in [7, 11) is 1.64. The molecule has 3 unspecified atom stereocenters. The molecule has 1 saturated carbocycles. The molecule has 2 aliphatic rings. The highest BCUT2D eigenvalue weighted by Crippen LogP contribution is 2.39. The smallest absolute Gasteiger partial charge is 0.233 e. The number of carbonyl (C=O) groups is 2. The van der Waals surface area contributed by atoms with E-state index in [4.69, 9.17) is 4.74 Å². The number of hydrogen-bond acceptors (Lipinski definition) is 4. The lowest BCUT2D eigenvalue weighted by atomic mass is 10.00. The summed E-state index contributed by atoms with van der Waals surface area (Å²) in [4.78, 5) is 26.0. The number of rotatable bonds is 7. The molecule has 0 radical (unpaired) electrons. The van der Waals surface area contributed by atoms with Crippen molar-refractivity contribution < 1.29 is 14.3 Å². The summed E-state index contributed by atoms with van der Waals surface area (Å²) in [6.45, 7) is 3.93. The van der Waals surface area contributed by atoms with Gasteiger partial charge in [0.15, 0.2) is 0 Å². The topological polar surface area (TPSA) is 58.6 Å². The average molecular weight is 268 g/mol. The third-order valence-corrected chi connectivity index (χ3v) is 4.14. The minimum absolute atomic E-state index is 0.0342. The zero-order valence-electron chi connectivity index (χ0n) is 11.9. The second-order valence-electron chi connectivity index (χ2n) is 5.54. The van der Waals surface area contributed by atoms with E-state index in [9.17, 15) is 9.59 Å².